The van der Waals surface area contributed by atoms with E-state index in [1.807, 2.05) is 11.0 Å². The Morgan fingerprint density at radius 1 is 1.30 bits per heavy atom. The molecule has 12 heteroatoms. The Bertz CT molecular complexity index is 1150. The van der Waals surface area contributed by atoms with Gasteiger partial charge >= 0.3 is 11.9 Å². The number of rotatable bonds is 6. The number of benzene rings is 1. The third-order valence-corrected chi connectivity index (χ3v) is 9.28. The zero-order valence-corrected chi connectivity index (χ0v) is 22.7. The molecule has 2 fully saturated rings. The van der Waals surface area contributed by atoms with Gasteiger partial charge in [-0.15, -0.1) is 0 Å². The Kier molecular flexibility index (Phi) is 7.99. The molecule has 1 N–H and O–H groups in total. The van der Waals surface area contributed by atoms with Crippen LogP contribution < -0.4 is 0 Å². The highest BCUT2D eigenvalue weighted by Crippen LogP contribution is 2.43. The summed E-state index contributed by atoms with van der Waals surface area (Å²) in [6.07, 6.45) is 5.51. The molecule has 1 unspecified atom stereocenters. The van der Waals surface area contributed by atoms with E-state index in [0.29, 0.717) is 37.0 Å². The third-order valence-electron chi connectivity index (χ3n) is 7.22. The van der Waals surface area contributed by atoms with Crippen molar-refractivity contribution < 1.29 is 28.6 Å². The largest absolute Gasteiger partial charge is 0.481 e. The van der Waals surface area contributed by atoms with Crippen LogP contribution in [0, 0.1) is 11.7 Å². The van der Waals surface area contributed by atoms with Gasteiger partial charge in [-0.05, 0) is 52.4 Å². The topological polar surface area (TPSA) is 104 Å². The molecule has 1 aromatic rings. The van der Waals surface area contributed by atoms with Gasteiger partial charge in [0.2, 0.25) is 0 Å². The van der Waals surface area contributed by atoms with Crippen LogP contribution in [0.1, 0.15) is 30.9 Å². The number of thioether (sulfide) groups is 1. The van der Waals surface area contributed by atoms with Crippen LogP contribution in [0.3, 0.4) is 0 Å². The van der Waals surface area contributed by atoms with Gasteiger partial charge in [0, 0.05) is 30.7 Å². The van der Waals surface area contributed by atoms with E-state index in [1.165, 1.54) is 24.9 Å². The van der Waals surface area contributed by atoms with Crippen LogP contribution in [-0.4, -0.2) is 89.1 Å². The lowest BCUT2D eigenvalue weighted by atomic mass is 9.83. The fraction of sp³-hybridized carbons (Fsp3) is 0.520. The maximum absolute atomic E-state index is 14.3. The number of fused-ring (bicyclic) bond motifs is 2. The number of esters is 1. The summed E-state index contributed by atoms with van der Waals surface area (Å²) in [5.74, 6) is -1.47. The van der Waals surface area contributed by atoms with Gasteiger partial charge in [0.1, 0.15) is 17.1 Å². The normalized spacial score (nSPS) is 29.6. The molecule has 1 aromatic carbocycles. The van der Waals surface area contributed by atoms with Gasteiger partial charge in [0.05, 0.1) is 37.7 Å². The molecular formula is C25H28BrFN4O5S. The number of aliphatic carboxylic acids is 1. The molecule has 4 heterocycles. The first-order valence-corrected chi connectivity index (χ1v) is 13.8. The van der Waals surface area contributed by atoms with E-state index in [-0.39, 0.29) is 28.9 Å². The number of halogens is 2. The molecule has 37 heavy (non-hydrogen) atoms. The first-order chi connectivity index (χ1) is 17.9. The van der Waals surface area contributed by atoms with Crippen molar-refractivity contribution in [3.63, 3.8) is 0 Å². The summed E-state index contributed by atoms with van der Waals surface area (Å²) in [5, 5.41) is 9.20. The predicted octanol–water partition coefficient (Wildman–Crippen LogP) is 3.46. The lowest BCUT2D eigenvalue weighted by Crippen LogP contribution is -2.58. The highest BCUT2D eigenvalue weighted by atomic mass is 79.9. The van der Waals surface area contributed by atoms with Gasteiger partial charge in [0.25, 0.3) is 0 Å². The van der Waals surface area contributed by atoms with Gasteiger partial charge < -0.3 is 14.6 Å². The number of ether oxygens (including phenoxy) is 2. The second-order valence-electron chi connectivity index (χ2n) is 9.56. The van der Waals surface area contributed by atoms with Crippen molar-refractivity contribution >= 4 is 51.1 Å². The molecule has 0 aromatic heterocycles. The number of amidine groups is 1. The van der Waals surface area contributed by atoms with Gasteiger partial charge in [-0.2, -0.15) is 0 Å². The number of carboxylic acid groups (broad SMARTS) is 1. The predicted molar refractivity (Wildman–Crippen MR) is 141 cm³/mol. The second kappa shape index (κ2) is 11.2. The number of nitrogens with zero attached hydrogens (tertiary/aromatic N) is 4. The Labute approximate surface area is 226 Å². The number of aliphatic imine (C=N–C) groups is 2. The molecule has 0 aliphatic carbocycles. The molecule has 2 saturated heterocycles. The van der Waals surface area contributed by atoms with Crippen LogP contribution in [0.2, 0.25) is 0 Å². The summed E-state index contributed by atoms with van der Waals surface area (Å²) in [7, 11) is 1.33. The zero-order chi connectivity index (χ0) is 26.1. The van der Waals surface area contributed by atoms with Crippen LogP contribution in [-0.2, 0) is 19.1 Å². The number of methoxy groups -OCH3 is 1. The van der Waals surface area contributed by atoms with E-state index in [9.17, 15) is 19.1 Å². The maximum Gasteiger partial charge on any atom is 0.321 e. The van der Waals surface area contributed by atoms with E-state index >= 15 is 0 Å². The minimum atomic E-state index is -0.759. The minimum absolute atomic E-state index is 0.135. The van der Waals surface area contributed by atoms with Crippen molar-refractivity contribution in [2.75, 3.05) is 33.4 Å². The first-order valence-electron chi connectivity index (χ1n) is 12.2. The van der Waals surface area contributed by atoms with E-state index in [2.05, 4.69) is 25.8 Å². The van der Waals surface area contributed by atoms with E-state index < -0.39 is 29.0 Å². The summed E-state index contributed by atoms with van der Waals surface area (Å²) in [6, 6.07) is 4.35. The third kappa shape index (κ3) is 5.47. The maximum atomic E-state index is 14.3. The van der Waals surface area contributed by atoms with Crippen LogP contribution in [0.4, 0.5) is 4.39 Å². The van der Waals surface area contributed by atoms with Gasteiger partial charge in [-0.3, -0.25) is 29.4 Å². The molecule has 0 radical (unpaired) electrons. The van der Waals surface area contributed by atoms with Crippen molar-refractivity contribution in [3.05, 3.63) is 45.8 Å². The second-order valence-corrected chi connectivity index (χ2v) is 11.5. The SMILES string of the molecule is COC(=O)[C@@H]1SC(N2C=NCC=C2CN2[C@@H]3COC[C@H]2CC(CC(=O)O)C3)=N[C@@H]1c1cccc(F)c1Br. The van der Waals surface area contributed by atoms with Crippen LogP contribution in [0.25, 0.3) is 0 Å². The summed E-state index contributed by atoms with van der Waals surface area (Å²) in [6.45, 7) is 2.30. The van der Waals surface area contributed by atoms with Crippen molar-refractivity contribution in [2.24, 2.45) is 15.9 Å². The molecule has 198 valence electrons. The molecule has 5 rings (SSSR count). The average Bonchev–Trinajstić information content (AvgIpc) is 3.30. The summed E-state index contributed by atoms with van der Waals surface area (Å²) >= 11 is 4.60. The number of carboxylic acids is 1. The van der Waals surface area contributed by atoms with Gasteiger partial charge in [-0.25, -0.2) is 4.39 Å². The molecule has 0 amide bonds. The summed E-state index contributed by atoms with van der Waals surface area (Å²) in [5.41, 5.74) is 1.56. The van der Waals surface area contributed by atoms with E-state index in [0.717, 1.165) is 18.5 Å². The molecule has 2 bridgehead atoms. The molecule has 0 spiro atoms. The van der Waals surface area contributed by atoms with E-state index in [1.54, 1.807) is 18.5 Å². The lowest BCUT2D eigenvalue weighted by molar-refractivity contribution is -0.141. The average molecular weight is 595 g/mol. The lowest BCUT2D eigenvalue weighted by Gasteiger charge is -2.49. The van der Waals surface area contributed by atoms with Crippen LogP contribution in [0.15, 0.2) is 44.4 Å². The highest BCUT2D eigenvalue weighted by Gasteiger charge is 2.43. The Morgan fingerprint density at radius 3 is 2.76 bits per heavy atom. The molecule has 9 nitrogen and oxygen atoms in total. The van der Waals surface area contributed by atoms with Crippen LogP contribution in [0.5, 0.6) is 0 Å². The highest BCUT2D eigenvalue weighted by molar-refractivity contribution is 9.10. The quantitative estimate of drug-likeness (QED) is 0.499. The monoisotopic (exact) mass is 594 g/mol. The van der Waals surface area contributed by atoms with E-state index in [4.69, 9.17) is 14.5 Å². The number of hydrogen-bond acceptors (Lipinski definition) is 9. The van der Waals surface area contributed by atoms with Crippen molar-refractivity contribution in [1.82, 2.24) is 9.80 Å². The first kappa shape index (κ1) is 26.3. The number of hydrogen-bond donors (Lipinski definition) is 1. The number of carbonyl (C=O) groups excluding carboxylic acids is 1. The summed E-state index contributed by atoms with van der Waals surface area (Å²) in [4.78, 5) is 37.6. The van der Waals surface area contributed by atoms with Gasteiger partial charge in [-0.1, -0.05) is 23.9 Å². The van der Waals surface area contributed by atoms with Gasteiger partial charge in [0.15, 0.2) is 5.17 Å². The Morgan fingerprint density at radius 2 is 2.05 bits per heavy atom. The zero-order valence-electron chi connectivity index (χ0n) is 20.3. The fourth-order valence-electron chi connectivity index (χ4n) is 5.52. The molecular weight excluding hydrogens is 567 g/mol. The van der Waals surface area contributed by atoms with Crippen molar-refractivity contribution in [1.29, 1.82) is 0 Å². The fourth-order valence-corrected chi connectivity index (χ4v) is 7.23. The number of morpholine rings is 1. The summed E-state index contributed by atoms with van der Waals surface area (Å²) < 4.78 is 25.5. The minimum Gasteiger partial charge on any atom is -0.481 e. The number of carbonyl (C=O) groups is 2. The van der Waals surface area contributed by atoms with Crippen molar-refractivity contribution in [3.8, 4) is 0 Å². The Hall–Kier alpha value is -2.28. The standard InChI is InChI=1S/C25H28BrFN4O5S/c1-35-24(34)23-22(18-3-2-4-19(27)21(18)26)29-25(37-23)31-13-28-6-5-15(31)10-30-16-7-14(9-20(32)33)8-17(30)12-36-11-16/h2-5,13-14,16-17,22-23H,6-12H2,1H3,(H,32,33)/t14?,16-,17+,22-,23-/m1/s1. The van der Waals surface area contributed by atoms with Crippen LogP contribution >= 0.6 is 27.7 Å². The Balaban J connectivity index is 1.39. The molecule has 5 atom stereocenters. The smallest absolute Gasteiger partial charge is 0.321 e. The molecule has 4 aliphatic heterocycles. The number of piperidine rings is 1. The molecule has 4 aliphatic rings. The molecule has 0 saturated carbocycles. The van der Waals surface area contributed by atoms with Crippen molar-refractivity contribution in [2.45, 2.75) is 42.6 Å².